The summed E-state index contributed by atoms with van der Waals surface area (Å²) in [6.45, 7) is 3.22. The summed E-state index contributed by atoms with van der Waals surface area (Å²) in [6.07, 6.45) is 4.87. The predicted molar refractivity (Wildman–Crippen MR) is 173 cm³/mol. The van der Waals surface area contributed by atoms with Crippen molar-refractivity contribution in [3.05, 3.63) is 78.1 Å². The summed E-state index contributed by atoms with van der Waals surface area (Å²) < 4.78 is 59.3. The number of carbonyl (C=O) groups excluding carboxylic acids is 2. The van der Waals surface area contributed by atoms with Gasteiger partial charge in [-0.2, -0.15) is 0 Å². The van der Waals surface area contributed by atoms with Gasteiger partial charge in [0.2, 0.25) is 11.8 Å². The lowest BCUT2D eigenvalue weighted by Gasteiger charge is -2.33. The quantitative estimate of drug-likeness (QED) is 0.251. The van der Waals surface area contributed by atoms with Gasteiger partial charge in [-0.3, -0.25) is 13.9 Å². The maximum atomic E-state index is 14.2. The van der Waals surface area contributed by atoms with Gasteiger partial charge in [0, 0.05) is 18.7 Å². The van der Waals surface area contributed by atoms with Crippen molar-refractivity contribution in [3.63, 3.8) is 0 Å². The first kappa shape index (κ1) is 34.6. The van der Waals surface area contributed by atoms with Crippen molar-refractivity contribution in [2.24, 2.45) is 0 Å². The zero-order valence-electron chi connectivity index (χ0n) is 26.7. The molecule has 248 valence electrons. The monoisotopic (exact) mass is 655 g/mol. The Morgan fingerprint density at radius 2 is 1.59 bits per heavy atom. The third kappa shape index (κ3) is 8.48. The van der Waals surface area contributed by atoms with Crippen molar-refractivity contribution in [3.8, 4) is 17.2 Å². The molecule has 0 aliphatic heterocycles. The summed E-state index contributed by atoms with van der Waals surface area (Å²) in [5.74, 6) is -0.313. The maximum Gasteiger partial charge on any atom is 0.264 e. The molecule has 2 amide bonds. The minimum Gasteiger partial charge on any atom is -0.494 e. The van der Waals surface area contributed by atoms with Crippen LogP contribution in [0.5, 0.6) is 17.2 Å². The topological polar surface area (TPSA) is 114 Å². The molecule has 0 saturated heterocycles. The fourth-order valence-corrected chi connectivity index (χ4v) is 6.88. The average molecular weight is 656 g/mol. The van der Waals surface area contributed by atoms with Crippen LogP contribution in [0.2, 0.25) is 0 Å². The van der Waals surface area contributed by atoms with Crippen LogP contribution >= 0.6 is 0 Å². The van der Waals surface area contributed by atoms with Crippen molar-refractivity contribution in [1.82, 2.24) is 10.2 Å². The number of methoxy groups -OCH3 is 2. The van der Waals surface area contributed by atoms with Gasteiger partial charge in [0.05, 0.1) is 31.4 Å². The molecule has 1 N–H and O–H groups in total. The number of amides is 2. The summed E-state index contributed by atoms with van der Waals surface area (Å²) in [7, 11) is -1.51. The zero-order chi connectivity index (χ0) is 33.3. The Kier molecular flexibility index (Phi) is 11.9. The molecular weight excluding hydrogens is 613 g/mol. The summed E-state index contributed by atoms with van der Waals surface area (Å²) in [6, 6.07) is 15.2. The summed E-state index contributed by atoms with van der Waals surface area (Å²) in [4.78, 5) is 28.9. The summed E-state index contributed by atoms with van der Waals surface area (Å²) in [5, 5.41) is 3.07. The number of ether oxygens (including phenoxy) is 3. The zero-order valence-corrected chi connectivity index (χ0v) is 27.5. The number of sulfonamides is 1. The highest BCUT2D eigenvalue weighted by Gasteiger charge is 2.33. The van der Waals surface area contributed by atoms with Crippen LogP contribution in [-0.4, -0.2) is 64.6 Å². The lowest BCUT2D eigenvalue weighted by atomic mass is 9.95. The van der Waals surface area contributed by atoms with Gasteiger partial charge in [0.25, 0.3) is 10.0 Å². The first-order valence-electron chi connectivity index (χ1n) is 15.4. The minimum absolute atomic E-state index is 0.0113. The smallest absolute Gasteiger partial charge is 0.264 e. The van der Waals surface area contributed by atoms with Gasteiger partial charge < -0.3 is 24.4 Å². The van der Waals surface area contributed by atoms with Gasteiger partial charge in [-0.15, -0.1) is 0 Å². The van der Waals surface area contributed by atoms with E-state index in [1.165, 1.54) is 61.6 Å². The molecule has 1 aliphatic rings. The molecule has 3 aromatic carbocycles. The molecular formula is C34H42FN3O7S. The van der Waals surface area contributed by atoms with Crippen LogP contribution in [0, 0.1) is 5.82 Å². The molecule has 46 heavy (non-hydrogen) atoms. The highest BCUT2D eigenvalue weighted by Crippen LogP contribution is 2.33. The second kappa shape index (κ2) is 15.8. The fourth-order valence-electron chi connectivity index (χ4n) is 5.45. The minimum atomic E-state index is -4.35. The van der Waals surface area contributed by atoms with E-state index in [1.807, 2.05) is 6.92 Å². The van der Waals surface area contributed by atoms with E-state index < -0.39 is 34.3 Å². The van der Waals surface area contributed by atoms with E-state index in [0.717, 1.165) is 36.4 Å². The number of halogens is 1. The summed E-state index contributed by atoms with van der Waals surface area (Å²) >= 11 is 0. The number of nitrogens with one attached hydrogen (secondary N) is 1. The molecule has 1 saturated carbocycles. The number of rotatable bonds is 14. The first-order chi connectivity index (χ1) is 22.1. The van der Waals surface area contributed by atoms with Crippen molar-refractivity contribution in [2.75, 3.05) is 31.7 Å². The van der Waals surface area contributed by atoms with Crippen molar-refractivity contribution < 1.29 is 36.6 Å². The highest BCUT2D eigenvalue weighted by atomic mass is 32.2. The molecule has 4 rings (SSSR count). The van der Waals surface area contributed by atoms with E-state index in [1.54, 1.807) is 31.2 Å². The molecule has 3 aromatic rings. The van der Waals surface area contributed by atoms with Gasteiger partial charge in [-0.1, -0.05) is 31.4 Å². The Hall–Kier alpha value is -4.32. The van der Waals surface area contributed by atoms with E-state index >= 15 is 0 Å². The van der Waals surface area contributed by atoms with Crippen LogP contribution in [-0.2, 0) is 26.2 Å². The van der Waals surface area contributed by atoms with Crippen molar-refractivity contribution in [1.29, 1.82) is 0 Å². The normalized spacial score (nSPS) is 14.2. The van der Waals surface area contributed by atoms with Gasteiger partial charge in [-0.05, 0) is 80.8 Å². The van der Waals surface area contributed by atoms with Gasteiger partial charge in [-0.25, -0.2) is 12.8 Å². The van der Waals surface area contributed by atoms with Crippen LogP contribution in [0.3, 0.4) is 0 Å². The van der Waals surface area contributed by atoms with E-state index in [-0.39, 0.29) is 34.8 Å². The largest absolute Gasteiger partial charge is 0.494 e. The molecule has 10 nitrogen and oxygen atoms in total. The van der Waals surface area contributed by atoms with Crippen molar-refractivity contribution >= 4 is 27.5 Å². The number of nitrogens with zero attached hydrogens (tertiary/aromatic N) is 2. The predicted octanol–water partition coefficient (Wildman–Crippen LogP) is 5.30. The number of hydrogen-bond acceptors (Lipinski definition) is 7. The Labute approximate surface area is 270 Å². The second-order valence-electron chi connectivity index (χ2n) is 11.1. The van der Waals surface area contributed by atoms with Crippen molar-refractivity contribution in [2.45, 2.75) is 69.5 Å². The van der Waals surface area contributed by atoms with Crippen LogP contribution in [0.15, 0.2) is 71.6 Å². The van der Waals surface area contributed by atoms with E-state index in [2.05, 4.69) is 5.32 Å². The number of anilines is 1. The SMILES string of the molecule is CCOc1ccc(N(CC(=O)N(Cc2ccc(F)cc2)C(C)C(=O)NC2CCCCC2)S(=O)(=O)c2ccc(OC)c(OC)c2)cc1. The molecule has 0 radical (unpaired) electrons. The van der Waals surface area contributed by atoms with Gasteiger partial charge in [0.15, 0.2) is 11.5 Å². The maximum absolute atomic E-state index is 14.2. The number of carbonyl (C=O) groups is 2. The standard InChI is InChI=1S/C34H42FN3O7S/c1-5-45-29-17-15-28(16-18-29)38(46(41,42)30-19-20-31(43-3)32(21-30)44-4)23-33(39)37(22-25-11-13-26(35)14-12-25)24(2)34(40)36-27-9-7-6-8-10-27/h11-21,24,27H,5-10,22-23H2,1-4H3,(H,36,40). The molecule has 0 spiro atoms. The Morgan fingerprint density at radius 1 is 0.935 bits per heavy atom. The van der Waals surface area contributed by atoms with Crippen LogP contribution in [0.1, 0.15) is 51.5 Å². The van der Waals surface area contributed by atoms with Gasteiger partial charge in [0.1, 0.15) is 24.2 Å². The summed E-state index contributed by atoms with van der Waals surface area (Å²) in [5.41, 5.74) is 0.801. The Morgan fingerprint density at radius 3 is 2.20 bits per heavy atom. The number of benzene rings is 3. The first-order valence-corrected chi connectivity index (χ1v) is 16.8. The number of hydrogen-bond donors (Lipinski definition) is 1. The molecule has 0 bridgehead atoms. The molecule has 1 aliphatic carbocycles. The third-order valence-electron chi connectivity index (χ3n) is 8.04. The lowest BCUT2D eigenvalue weighted by Crippen LogP contribution is -2.53. The molecule has 1 atom stereocenters. The molecule has 1 fully saturated rings. The van der Waals surface area contributed by atoms with Crippen LogP contribution in [0.4, 0.5) is 10.1 Å². The Bertz CT molecular complexity index is 1580. The lowest BCUT2D eigenvalue weighted by molar-refractivity contribution is -0.139. The van der Waals surface area contributed by atoms with Crippen LogP contribution in [0.25, 0.3) is 0 Å². The molecule has 0 aromatic heterocycles. The van der Waals surface area contributed by atoms with Gasteiger partial charge >= 0.3 is 0 Å². The molecule has 12 heteroatoms. The Balaban J connectivity index is 1.71. The average Bonchev–Trinajstić information content (AvgIpc) is 3.07. The highest BCUT2D eigenvalue weighted by molar-refractivity contribution is 7.92. The van der Waals surface area contributed by atoms with E-state index in [0.29, 0.717) is 23.7 Å². The second-order valence-corrected chi connectivity index (χ2v) is 13.0. The van der Waals surface area contributed by atoms with E-state index in [4.69, 9.17) is 14.2 Å². The third-order valence-corrected chi connectivity index (χ3v) is 9.81. The fraction of sp³-hybridized carbons (Fsp3) is 0.412. The van der Waals surface area contributed by atoms with Crippen LogP contribution < -0.4 is 23.8 Å². The van der Waals surface area contributed by atoms with E-state index in [9.17, 15) is 22.4 Å². The molecule has 0 heterocycles. The molecule has 1 unspecified atom stereocenters.